The van der Waals surface area contributed by atoms with Gasteiger partial charge in [-0.1, -0.05) is 43.3 Å². The molecule has 5 N–H and O–H groups in total. The standard InChI is InChI=1S/C23H18O7/c1-11(13-7-8-14(24)15(25)9-13)18-20(27)22(29)21(28)19-16(26)10-17(30-23(18)19)12-5-3-2-4-6-12/h2-11,24-25,27-29H,1H3. The minimum Gasteiger partial charge on any atom is -0.504 e. The van der Waals surface area contributed by atoms with Gasteiger partial charge in [-0.15, -0.1) is 0 Å². The lowest BCUT2D eigenvalue weighted by Crippen LogP contribution is -2.06. The van der Waals surface area contributed by atoms with E-state index in [1.165, 1.54) is 24.3 Å². The molecular weight excluding hydrogens is 388 g/mol. The first-order chi connectivity index (χ1) is 14.3. The number of aromatic hydroxyl groups is 5. The quantitative estimate of drug-likeness (QED) is 0.323. The van der Waals surface area contributed by atoms with Gasteiger partial charge in [0.25, 0.3) is 0 Å². The number of phenols is 5. The highest BCUT2D eigenvalue weighted by molar-refractivity contribution is 5.93. The second-order valence-corrected chi connectivity index (χ2v) is 6.97. The molecule has 1 aromatic heterocycles. The van der Waals surface area contributed by atoms with Crippen LogP contribution in [0.2, 0.25) is 0 Å². The Morgan fingerprint density at radius 1 is 0.800 bits per heavy atom. The normalized spacial score (nSPS) is 12.2. The fourth-order valence-corrected chi connectivity index (χ4v) is 3.50. The Morgan fingerprint density at radius 3 is 2.17 bits per heavy atom. The van der Waals surface area contributed by atoms with Crippen LogP contribution in [-0.2, 0) is 0 Å². The molecule has 0 saturated carbocycles. The van der Waals surface area contributed by atoms with Crippen molar-refractivity contribution in [2.75, 3.05) is 0 Å². The van der Waals surface area contributed by atoms with Crippen LogP contribution in [0.15, 0.2) is 63.8 Å². The molecule has 1 heterocycles. The molecule has 0 spiro atoms. The van der Waals surface area contributed by atoms with E-state index in [0.29, 0.717) is 11.1 Å². The molecule has 0 aliphatic heterocycles. The van der Waals surface area contributed by atoms with Crippen LogP contribution in [0.4, 0.5) is 0 Å². The van der Waals surface area contributed by atoms with Crippen LogP contribution in [0.1, 0.15) is 24.0 Å². The summed E-state index contributed by atoms with van der Waals surface area (Å²) in [6.45, 7) is 1.66. The molecule has 0 saturated heterocycles. The molecule has 0 aliphatic carbocycles. The second-order valence-electron chi connectivity index (χ2n) is 6.97. The van der Waals surface area contributed by atoms with Gasteiger partial charge in [0.15, 0.2) is 28.4 Å². The van der Waals surface area contributed by atoms with E-state index in [1.54, 1.807) is 31.2 Å². The van der Waals surface area contributed by atoms with E-state index in [0.717, 1.165) is 0 Å². The summed E-state index contributed by atoms with van der Waals surface area (Å²) in [5.74, 6) is -3.40. The predicted octanol–water partition coefficient (Wildman–Crippen LogP) is 4.14. The Bertz CT molecular complexity index is 1320. The van der Waals surface area contributed by atoms with E-state index in [-0.39, 0.29) is 33.8 Å². The molecule has 0 bridgehead atoms. The van der Waals surface area contributed by atoms with Crippen LogP contribution in [0.5, 0.6) is 28.7 Å². The van der Waals surface area contributed by atoms with Gasteiger partial charge in [0.2, 0.25) is 5.75 Å². The molecule has 3 aromatic carbocycles. The molecule has 0 aliphatic rings. The maximum atomic E-state index is 12.8. The number of hydrogen-bond donors (Lipinski definition) is 5. The Morgan fingerprint density at radius 2 is 1.50 bits per heavy atom. The number of benzene rings is 3. The molecule has 4 aromatic rings. The summed E-state index contributed by atoms with van der Waals surface area (Å²) in [7, 11) is 0. The fraction of sp³-hybridized carbons (Fsp3) is 0.0870. The Kier molecular flexibility index (Phi) is 4.50. The SMILES string of the molecule is CC(c1ccc(O)c(O)c1)c1c(O)c(O)c(O)c2c(=O)cc(-c3ccccc3)oc12. The van der Waals surface area contributed by atoms with Gasteiger partial charge in [0.1, 0.15) is 16.7 Å². The van der Waals surface area contributed by atoms with Crippen molar-refractivity contribution in [3.8, 4) is 40.1 Å². The minimum atomic E-state index is -0.841. The zero-order valence-corrected chi connectivity index (χ0v) is 15.8. The summed E-state index contributed by atoms with van der Waals surface area (Å²) >= 11 is 0. The van der Waals surface area contributed by atoms with Gasteiger partial charge in [-0.2, -0.15) is 0 Å². The molecule has 0 radical (unpaired) electrons. The van der Waals surface area contributed by atoms with Gasteiger partial charge < -0.3 is 29.9 Å². The molecule has 1 atom stereocenters. The van der Waals surface area contributed by atoms with E-state index in [2.05, 4.69) is 0 Å². The first-order valence-electron chi connectivity index (χ1n) is 9.11. The van der Waals surface area contributed by atoms with Gasteiger partial charge in [0.05, 0.1) is 0 Å². The maximum Gasteiger partial charge on any atom is 0.201 e. The van der Waals surface area contributed by atoms with E-state index in [9.17, 15) is 30.3 Å². The summed E-state index contributed by atoms with van der Waals surface area (Å²) < 4.78 is 5.93. The molecule has 30 heavy (non-hydrogen) atoms. The highest BCUT2D eigenvalue weighted by Crippen LogP contribution is 2.48. The van der Waals surface area contributed by atoms with Crippen molar-refractivity contribution < 1.29 is 29.9 Å². The van der Waals surface area contributed by atoms with E-state index in [4.69, 9.17) is 4.42 Å². The average molecular weight is 406 g/mol. The van der Waals surface area contributed by atoms with Crippen molar-refractivity contribution in [2.24, 2.45) is 0 Å². The molecular formula is C23H18O7. The largest absolute Gasteiger partial charge is 0.504 e. The van der Waals surface area contributed by atoms with E-state index < -0.39 is 28.6 Å². The third kappa shape index (κ3) is 2.97. The third-order valence-electron chi connectivity index (χ3n) is 5.12. The number of rotatable bonds is 3. The zero-order chi connectivity index (χ0) is 21.6. The van der Waals surface area contributed by atoms with Crippen LogP contribution in [-0.4, -0.2) is 25.5 Å². The highest BCUT2D eigenvalue weighted by atomic mass is 16.3. The monoisotopic (exact) mass is 406 g/mol. The van der Waals surface area contributed by atoms with Crippen LogP contribution in [0.25, 0.3) is 22.3 Å². The van der Waals surface area contributed by atoms with Crippen LogP contribution in [0, 0.1) is 0 Å². The lowest BCUT2D eigenvalue weighted by atomic mass is 9.90. The first kappa shape index (κ1) is 19.2. The van der Waals surface area contributed by atoms with Gasteiger partial charge in [-0.3, -0.25) is 4.79 Å². The summed E-state index contributed by atoms with van der Waals surface area (Å²) in [6, 6.07) is 14.1. The van der Waals surface area contributed by atoms with E-state index >= 15 is 0 Å². The fourth-order valence-electron chi connectivity index (χ4n) is 3.50. The van der Waals surface area contributed by atoms with E-state index in [1.807, 2.05) is 6.07 Å². The van der Waals surface area contributed by atoms with Crippen molar-refractivity contribution in [1.29, 1.82) is 0 Å². The lowest BCUT2D eigenvalue weighted by molar-refractivity contribution is 0.366. The molecule has 0 fully saturated rings. The van der Waals surface area contributed by atoms with Gasteiger partial charge >= 0.3 is 0 Å². The summed E-state index contributed by atoms with van der Waals surface area (Å²) in [5, 5.41) is 50.3. The Balaban J connectivity index is 2.06. The topological polar surface area (TPSA) is 131 Å². The van der Waals surface area contributed by atoms with Gasteiger partial charge in [-0.05, 0) is 17.7 Å². The highest BCUT2D eigenvalue weighted by Gasteiger charge is 2.27. The summed E-state index contributed by atoms with van der Waals surface area (Å²) in [4.78, 5) is 12.8. The van der Waals surface area contributed by atoms with Crippen molar-refractivity contribution in [2.45, 2.75) is 12.8 Å². The third-order valence-corrected chi connectivity index (χ3v) is 5.12. The van der Waals surface area contributed by atoms with Gasteiger partial charge in [0, 0.05) is 23.1 Å². The predicted molar refractivity (Wildman–Crippen MR) is 110 cm³/mol. The zero-order valence-electron chi connectivity index (χ0n) is 15.8. The molecule has 152 valence electrons. The molecule has 1 unspecified atom stereocenters. The molecule has 7 heteroatoms. The smallest absolute Gasteiger partial charge is 0.201 e. The molecule has 4 rings (SSSR count). The number of hydrogen-bond acceptors (Lipinski definition) is 7. The van der Waals surface area contributed by atoms with Crippen LogP contribution >= 0.6 is 0 Å². The number of fused-ring (bicyclic) bond motifs is 1. The van der Waals surface area contributed by atoms with Crippen molar-refractivity contribution in [3.63, 3.8) is 0 Å². The molecule has 7 nitrogen and oxygen atoms in total. The van der Waals surface area contributed by atoms with Crippen LogP contribution in [0.3, 0.4) is 0 Å². The maximum absolute atomic E-state index is 12.8. The lowest BCUT2D eigenvalue weighted by Gasteiger charge is -2.18. The second kappa shape index (κ2) is 7.04. The minimum absolute atomic E-state index is 0.0558. The van der Waals surface area contributed by atoms with Crippen molar-refractivity contribution in [1.82, 2.24) is 0 Å². The summed E-state index contributed by atoms with van der Waals surface area (Å²) in [6.07, 6.45) is 0. The van der Waals surface area contributed by atoms with Crippen molar-refractivity contribution >= 4 is 11.0 Å². The number of phenolic OH excluding ortho intramolecular Hbond substituents is 5. The Labute approximate surface area is 170 Å². The Hall–Kier alpha value is -4.13. The summed E-state index contributed by atoms with van der Waals surface area (Å²) in [5.41, 5.74) is 0.462. The van der Waals surface area contributed by atoms with Crippen LogP contribution < -0.4 is 5.43 Å². The van der Waals surface area contributed by atoms with Crippen molar-refractivity contribution in [3.05, 3.63) is 75.9 Å². The molecule has 0 amide bonds. The first-order valence-corrected chi connectivity index (χ1v) is 9.11. The average Bonchev–Trinajstić information content (AvgIpc) is 2.74. The van der Waals surface area contributed by atoms with Gasteiger partial charge in [-0.25, -0.2) is 0 Å².